The molecule has 0 aromatic heterocycles. The Labute approximate surface area is 47.1 Å². The lowest BCUT2D eigenvalue weighted by Crippen LogP contribution is -2.23. The SMILES string of the molecule is C=NNC(=O)C(C)=N. The molecule has 2 N–H and O–H groups in total. The van der Waals surface area contributed by atoms with E-state index in [1.807, 2.05) is 5.43 Å². The molecule has 8 heavy (non-hydrogen) atoms. The Bertz CT molecular complexity index is 129. The van der Waals surface area contributed by atoms with E-state index in [2.05, 4.69) is 11.8 Å². The number of rotatable bonds is 2. The van der Waals surface area contributed by atoms with Gasteiger partial charge < -0.3 is 0 Å². The van der Waals surface area contributed by atoms with Gasteiger partial charge in [0.05, 0.1) is 5.71 Å². The van der Waals surface area contributed by atoms with Crippen molar-refractivity contribution in [1.82, 2.24) is 5.43 Å². The Hall–Kier alpha value is -1.19. The summed E-state index contributed by atoms with van der Waals surface area (Å²) in [5, 5.41) is 9.77. The van der Waals surface area contributed by atoms with Gasteiger partial charge in [-0.25, -0.2) is 5.43 Å². The summed E-state index contributed by atoms with van der Waals surface area (Å²) in [6.07, 6.45) is 0. The van der Waals surface area contributed by atoms with Crippen LogP contribution >= 0.6 is 0 Å². The number of hydrazone groups is 1. The Kier molecular flexibility index (Phi) is 2.47. The maximum atomic E-state index is 10.3. The molecular weight excluding hydrogens is 106 g/mol. The zero-order valence-corrected chi connectivity index (χ0v) is 4.56. The fourth-order valence-electron chi connectivity index (χ4n) is 0.156. The van der Waals surface area contributed by atoms with E-state index >= 15 is 0 Å². The van der Waals surface area contributed by atoms with E-state index in [0.29, 0.717) is 0 Å². The molecule has 4 heteroatoms. The normalized spacial score (nSPS) is 7.62. The second-order valence-corrected chi connectivity index (χ2v) is 1.22. The summed E-state index contributed by atoms with van der Waals surface area (Å²) in [5.74, 6) is -0.514. The summed E-state index contributed by atoms with van der Waals surface area (Å²) in [4.78, 5) is 10.3. The molecule has 0 atom stereocenters. The van der Waals surface area contributed by atoms with E-state index < -0.39 is 5.91 Å². The van der Waals surface area contributed by atoms with Crippen LogP contribution in [0, 0.1) is 5.41 Å². The monoisotopic (exact) mass is 113 g/mol. The highest BCUT2D eigenvalue weighted by Gasteiger charge is 1.97. The first-order chi connectivity index (χ1) is 3.68. The van der Waals surface area contributed by atoms with Gasteiger partial charge in [-0.3, -0.25) is 10.2 Å². The minimum absolute atomic E-state index is 0.0719. The zero-order valence-electron chi connectivity index (χ0n) is 4.56. The quantitative estimate of drug-likeness (QED) is 0.376. The van der Waals surface area contributed by atoms with Gasteiger partial charge >= 0.3 is 0 Å². The van der Waals surface area contributed by atoms with Gasteiger partial charge in [0.25, 0.3) is 5.91 Å². The minimum atomic E-state index is -0.514. The lowest BCUT2D eigenvalue weighted by molar-refractivity contribution is -0.114. The first-order valence-corrected chi connectivity index (χ1v) is 1.99. The summed E-state index contributed by atoms with van der Waals surface area (Å²) in [7, 11) is 0. The van der Waals surface area contributed by atoms with Crippen LogP contribution in [0.15, 0.2) is 5.10 Å². The molecule has 0 saturated heterocycles. The van der Waals surface area contributed by atoms with Crippen molar-refractivity contribution < 1.29 is 4.79 Å². The largest absolute Gasteiger partial charge is 0.300 e. The summed E-state index contributed by atoms with van der Waals surface area (Å²) < 4.78 is 0. The van der Waals surface area contributed by atoms with Gasteiger partial charge in [0.1, 0.15) is 0 Å². The third-order valence-corrected chi connectivity index (χ3v) is 0.521. The van der Waals surface area contributed by atoms with Gasteiger partial charge in [0, 0.05) is 6.72 Å². The molecule has 0 radical (unpaired) electrons. The molecule has 0 unspecified atom stereocenters. The third kappa shape index (κ3) is 2.07. The Balaban J connectivity index is 3.65. The maximum absolute atomic E-state index is 10.3. The molecule has 0 aliphatic carbocycles. The van der Waals surface area contributed by atoms with Crippen molar-refractivity contribution in [2.75, 3.05) is 0 Å². The van der Waals surface area contributed by atoms with E-state index in [1.165, 1.54) is 6.92 Å². The smallest absolute Gasteiger partial charge is 0.284 e. The zero-order chi connectivity index (χ0) is 6.57. The third-order valence-electron chi connectivity index (χ3n) is 0.521. The molecule has 0 bridgehead atoms. The molecule has 0 aromatic rings. The first-order valence-electron chi connectivity index (χ1n) is 1.99. The predicted molar refractivity (Wildman–Crippen MR) is 31.1 cm³/mol. The van der Waals surface area contributed by atoms with Crippen LogP contribution < -0.4 is 5.43 Å². The first kappa shape index (κ1) is 6.81. The van der Waals surface area contributed by atoms with Crippen molar-refractivity contribution in [2.45, 2.75) is 6.92 Å². The van der Waals surface area contributed by atoms with Crippen molar-refractivity contribution in [1.29, 1.82) is 5.41 Å². The standard InChI is InChI=1S/C4H7N3O/c1-3(5)4(8)7-6-2/h5H,2H2,1H3,(H,7,8). The van der Waals surface area contributed by atoms with Crippen LogP contribution in [0.2, 0.25) is 0 Å². The Morgan fingerprint density at radius 2 is 2.38 bits per heavy atom. The van der Waals surface area contributed by atoms with Gasteiger partial charge in [-0.15, -0.1) is 0 Å². The van der Waals surface area contributed by atoms with Crippen molar-refractivity contribution >= 4 is 18.3 Å². The van der Waals surface area contributed by atoms with Crippen LogP contribution in [-0.4, -0.2) is 18.3 Å². The average molecular weight is 113 g/mol. The molecule has 4 nitrogen and oxygen atoms in total. The van der Waals surface area contributed by atoms with Gasteiger partial charge in [-0.1, -0.05) is 0 Å². The molecule has 0 saturated carbocycles. The number of hydrogen-bond donors (Lipinski definition) is 2. The number of nitrogens with one attached hydrogen (secondary N) is 2. The lowest BCUT2D eigenvalue weighted by atomic mass is 10.4. The summed E-state index contributed by atoms with van der Waals surface area (Å²) in [6.45, 7) is 4.38. The topological polar surface area (TPSA) is 65.3 Å². The summed E-state index contributed by atoms with van der Waals surface area (Å²) in [6, 6.07) is 0. The molecule has 0 aromatic carbocycles. The second kappa shape index (κ2) is 2.90. The van der Waals surface area contributed by atoms with Crippen LogP contribution in [0.3, 0.4) is 0 Å². The number of nitrogens with zero attached hydrogens (tertiary/aromatic N) is 1. The maximum Gasteiger partial charge on any atom is 0.284 e. The fourth-order valence-corrected chi connectivity index (χ4v) is 0.156. The number of carbonyl (C=O) groups is 1. The molecule has 0 aliphatic rings. The van der Waals surface area contributed by atoms with Crippen LogP contribution in [-0.2, 0) is 4.79 Å². The van der Waals surface area contributed by atoms with Crippen LogP contribution in [0.1, 0.15) is 6.92 Å². The van der Waals surface area contributed by atoms with Crippen LogP contribution in [0.5, 0.6) is 0 Å². The van der Waals surface area contributed by atoms with Gasteiger partial charge in [-0.05, 0) is 6.92 Å². The highest BCUT2D eigenvalue weighted by atomic mass is 16.2. The molecule has 0 rings (SSSR count). The fraction of sp³-hybridized carbons (Fsp3) is 0.250. The van der Waals surface area contributed by atoms with Gasteiger partial charge in [-0.2, -0.15) is 5.10 Å². The minimum Gasteiger partial charge on any atom is -0.300 e. The molecule has 0 spiro atoms. The second-order valence-electron chi connectivity index (χ2n) is 1.22. The number of carbonyl (C=O) groups excluding carboxylic acids is 1. The molecular formula is C4H7N3O. The lowest BCUT2D eigenvalue weighted by Gasteiger charge is -1.91. The Morgan fingerprint density at radius 3 is 2.50 bits per heavy atom. The van der Waals surface area contributed by atoms with E-state index in [0.717, 1.165) is 0 Å². The summed E-state index contributed by atoms with van der Waals surface area (Å²) in [5.41, 5.74) is 1.92. The molecule has 1 amide bonds. The highest BCUT2D eigenvalue weighted by Crippen LogP contribution is 1.67. The summed E-state index contributed by atoms with van der Waals surface area (Å²) >= 11 is 0. The predicted octanol–water partition coefficient (Wildman–Crippen LogP) is -0.242. The van der Waals surface area contributed by atoms with Crippen LogP contribution in [0.25, 0.3) is 0 Å². The molecule has 0 fully saturated rings. The van der Waals surface area contributed by atoms with Crippen molar-refractivity contribution in [3.05, 3.63) is 0 Å². The van der Waals surface area contributed by atoms with E-state index in [9.17, 15) is 4.79 Å². The van der Waals surface area contributed by atoms with Crippen molar-refractivity contribution in [3.8, 4) is 0 Å². The molecule has 0 heterocycles. The number of amides is 1. The van der Waals surface area contributed by atoms with E-state index in [4.69, 9.17) is 5.41 Å². The van der Waals surface area contributed by atoms with Gasteiger partial charge in [0.15, 0.2) is 0 Å². The van der Waals surface area contributed by atoms with Crippen LogP contribution in [0.4, 0.5) is 0 Å². The average Bonchev–Trinajstić information content (AvgIpc) is 1.67. The number of hydrogen-bond acceptors (Lipinski definition) is 3. The Morgan fingerprint density at radius 1 is 1.88 bits per heavy atom. The van der Waals surface area contributed by atoms with Gasteiger partial charge in [0.2, 0.25) is 0 Å². The van der Waals surface area contributed by atoms with Crippen molar-refractivity contribution in [2.24, 2.45) is 5.10 Å². The highest BCUT2D eigenvalue weighted by molar-refractivity contribution is 6.36. The van der Waals surface area contributed by atoms with E-state index in [-0.39, 0.29) is 5.71 Å². The molecule has 0 aliphatic heterocycles. The van der Waals surface area contributed by atoms with E-state index in [1.54, 1.807) is 0 Å². The van der Waals surface area contributed by atoms with Crippen molar-refractivity contribution in [3.63, 3.8) is 0 Å². The molecule has 44 valence electrons.